The Morgan fingerprint density at radius 1 is 0.914 bits per heavy atom. The van der Waals surface area contributed by atoms with Crippen LogP contribution in [0.15, 0.2) is 54.6 Å². The fraction of sp³-hybridized carbons (Fsp3) is 0.517. The molecule has 2 aromatic carbocycles. The van der Waals surface area contributed by atoms with E-state index in [-0.39, 0.29) is 23.3 Å². The summed E-state index contributed by atoms with van der Waals surface area (Å²) in [5.41, 5.74) is 2.19. The highest BCUT2D eigenvalue weighted by Gasteiger charge is 2.40. The Kier molecular flexibility index (Phi) is 8.85. The molecule has 1 atom stereocenters. The zero-order chi connectivity index (χ0) is 24.7. The highest BCUT2D eigenvalue weighted by Crippen LogP contribution is 2.34. The number of hydrogen-bond acceptors (Lipinski definition) is 3. The zero-order valence-corrected chi connectivity index (χ0v) is 21.6. The van der Waals surface area contributed by atoms with Crippen LogP contribution in [0.5, 0.6) is 0 Å². The smallest absolute Gasteiger partial charge is 0.225 e. The predicted octanol–water partition coefficient (Wildman–Crippen LogP) is 4.72. The molecule has 35 heavy (non-hydrogen) atoms. The number of amides is 2. The monoisotopic (exact) mass is 495 g/mol. The maximum atomic E-state index is 13.1. The van der Waals surface area contributed by atoms with Gasteiger partial charge in [-0.15, -0.1) is 0 Å². The first-order chi connectivity index (χ1) is 16.9. The van der Waals surface area contributed by atoms with Gasteiger partial charge >= 0.3 is 0 Å². The van der Waals surface area contributed by atoms with Gasteiger partial charge in [-0.2, -0.15) is 0 Å². The van der Waals surface area contributed by atoms with Crippen LogP contribution in [0, 0.1) is 5.92 Å². The molecule has 2 aromatic rings. The number of hydrogen-bond donors (Lipinski definition) is 1. The van der Waals surface area contributed by atoms with E-state index in [0.717, 1.165) is 61.6 Å². The standard InChI is InChI=1S/C29H38ClN3O2/c1-23(20-25-10-12-26(30)13-11-25)28(35)32-16-18-33(19-17-32)29(14-6-3-7-15-29)22-31-27(34)21-24-8-4-2-5-9-24/h2,4-5,8-13,23H,3,6-7,14-22H2,1H3,(H,31,34)/t23-/m1/s1. The average Bonchev–Trinajstić information content (AvgIpc) is 2.89. The van der Waals surface area contributed by atoms with E-state index in [1.807, 2.05) is 66.4 Å². The summed E-state index contributed by atoms with van der Waals surface area (Å²) in [5, 5.41) is 3.97. The predicted molar refractivity (Wildman–Crippen MR) is 141 cm³/mol. The van der Waals surface area contributed by atoms with Crippen LogP contribution in [-0.4, -0.2) is 59.9 Å². The molecule has 5 nitrogen and oxygen atoms in total. The lowest BCUT2D eigenvalue weighted by Crippen LogP contribution is -2.62. The van der Waals surface area contributed by atoms with E-state index in [1.54, 1.807) is 0 Å². The number of nitrogens with one attached hydrogen (secondary N) is 1. The Hall–Kier alpha value is -2.37. The molecule has 1 aliphatic carbocycles. The minimum atomic E-state index is -0.0522. The molecule has 2 fully saturated rings. The largest absolute Gasteiger partial charge is 0.354 e. The highest BCUT2D eigenvalue weighted by atomic mass is 35.5. The van der Waals surface area contributed by atoms with Crippen LogP contribution >= 0.6 is 11.6 Å². The van der Waals surface area contributed by atoms with Crippen molar-refractivity contribution in [3.05, 3.63) is 70.7 Å². The first kappa shape index (κ1) is 25.7. The molecule has 1 aliphatic heterocycles. The molecule has 0 aromatic heterocycles. The van der Waals surface area contributed by atoms with Gasteiger partial charge in [0.15, 0.2) is 0 Å². The number of benzene rings is 2. The summed E-state index contributed by atoms with van der Waals surface area (Å²) in [5.74, 6) is 0.267. The lowest BCUT2D eigenvalue weighted by Gasteiger charge is -2.50. The summed E-state index contributed by atoms with van der Waals surface area (Å²) in [6.45, 7) is 5.96. The van der Waals surface area contributed by atoms with E-state index in [0.29, 0.717) is 13.0 Å². The number of carbonyl (C=O) groups is 2. The molecule has 188 valence electrons. The Morgan fingerprint density at radius 2 is 1.57 bits per heavy atom. The van der Waals surface area contributed by atoms with E-state index in [4.69, 9.17) is 11.6 Å². The summed E-state index contributed by atoms with van der Waals surface area (Å²) < 4.78 is 0. The molecule has 1 heterocycles. The minimum Gasteiger partial charge on any atom is -0.354 e. The first-order valence-electron chi connectivity index (χ1n) is 13.0. The second-order valence-electron chi connectivity index (χ2n) is 10.3. The number of rotatable bonds is 8. The molecule has 2 amide bonds. The maximum Gasteiger partial charge on any atom is 0.225 e. The maximum absolute atomic E-state index is 13.1. The topological polar surface area (TPSA) is 52.7 Å². The van der Waals surface area contributed by atoms with Crippen molar-refractivity contribution in [3.63, 3.8) is 0 Å². The van der Waals surface area contributed by atoms with Crippen molar-refractivity contribution in [1.29, 1.82) is 0 Å². The van der Waals surface area contributed by atoms with Gasteiger partial charge in [0.25, 0.3) is 0 Å². The normalized spacial score (nSPS) is 19.2. The molecule has 0 spiro atoms. The fourth-order valence-corrected chi connectivity index (χ4v) is 5.82. The van der Waals surface area contributed by atoms with Gasteiger partial charge in [0.1, 0.15) is 0 Å². The van der Waals surface area contributed by atoms with Crippen LogP contribution in [-0.2, 0) is 22.4 Å². The lowest BCUT2D eigenvalue weighted by atomic mass is 9.79. The lowest BCUT2D eigenvalue weighted by molar-refractivity contribution is -0.138. The number of nitrogens with zero attached hydrogens (tertiary/aromatic N) is 2. The van der Waals surface area contributed by atoms with E-state index in [9.17, 15) is 9.59 Å². The Balaban J connectivity index is 1.31. The molecule has 6 heteroatoms. The number of carbonyl (C=O) groups excluding carboxylic acids is 2. The van der Waals surface area contributed by atoms with Crippen LogP contribution in [0.3, 0.4) is 0 Å². The van der Waals surface area contributed by atoms with Crippen molar-refractivity contribution >= 4 is 23.4 Å². The Labute approximate surface area is 214 Å². The Bertz CT molecular complexity index is 965. The molecule has 1 saturated heterocycles. The molecular weight excluding hydrogens is 458 g/mol. The van der Waals surface area contributed by atoms with Crippen molar-refractivity contribution in [1.82, 2.24) is 15.1 Å². The van der Waals surface area contributed by atoms with Gasteiger partial charge in [-0.05, 0) is 42.5 Å². The van der Waals surface area contributed by atoms with Crippen molar-refractivity contribution in [2.24, 2.45) is 5.92 Å². The quantitative estimate of drug-likeness (QED) is 0.576. The van der Waals surface area contributed by atoms with Crippen molar-refractivity contribution < 1.29 is 9.59 Å². The van der Waals surface area contributed by atoms with Gasteiger partial charge in [-0.3, -0.25) is 14.5 Å². The molecule has 0 bridgehead atoms. The average molecular weight is 496 g/mol. The molecule has 0 unspecified atom stereocenters. The van der Waals surface area contributed by atoms with Crippen LogP contribution in [0.4, 0.5) is 0 Å². The SMILES string of the molecule is C[C@H](Cc1ccc(Cl)cc1)C(=O)N1CCN(C2(CNC(=O)Cc3ccccc3)CCCCC2)CC1. The fourth-order valence-electron chi connectivity index (χ4n) is 5.70. The summed E-state index contributed by atoms with van der Waals surface area (Å²) >= 11 is 5.99. The molecule has 2 aliphatic rings. The third-order valence-corrected chi connectivity index (χ3v) is 8.00. The van der Waals surface area contributed by atoms with E-state index < -0.39 is 0 Å². The van der Waals surface area contributed by atoms with E-state index in [1.165, 1.54) is 19.3 Å². The third-order valence-electron chi connectivity index (χ3n) is 7.75. The summed E-state index contributed by atoms with van der Waals surface area (Å²) in [6.07, 6.45) is 7.04. The molecule has 4 rings (SSSR count). The van der Waals surface area contributed by atoms with Crippen LogP contribution in [0.1, 0.15) is 50.2 Å². The second kappa shape index (κ2) is 12.0. The van der Waals surface area contributed by atoms with Gasteiger partial charge in [-0.1, -0.05) is 80.3 Å². The molecular formula is C29H38ClN3O2. The minimum absolute atomic E-state index is 0.00859. The molecule has 0 radical (unpaired) electrons. The van der Waals surface area contributed by atoms with Crippen molar-refractivity contribution in [2.45, 2.75) is 57.4 Å². The van der Waals surface area contributed by atoms with Crippen LogP contribution < -0.4 is 5.32 Å². The van der Waals surface area contributed by atoms with Crippen molar-refractivity contribution in [2.75, 3.05) is 32.7 Å². The summed E-state index contributed by atoms with van der Waals surface area (Å²) in [7, 11) is 0. The van der Waals surface area contributed by atoms with Gasteiger partial charge in [0, 0.05) is 49.2 Å². The van der Waals surface area contributed by atoms with Gasteiger partial charge in [0.05, 0.1) is 6.42 Å². The van der Waals surface area contributed by atoms with Crippen LogP contribution in [0.2, 0.25) is 5.02 Å². The number of piperazine rings is 1. The third kappa shape index (κ3) is 6.86. The van der Waals surface area contributed by atoms with Gasteiger partial charge in [0.2, 0.25) is 11.8 Å². The number of halogens is 1. The second-order valence-corrected chi connectivity index (χ2v) is 10.7. The Morgan fingerprint density at radius 3 is 2.23 bits per heavy atom. The van der Waals surface area contributed by atoms with Crippen LogP contribution in [0.25, 0.3) is 0 Å². The molecule has 1 N–H and O–H groups in total. The van der Waals surface area contributed by atoms with E-state index >= 15 is 0 Å². The molecule has 1 saturated carbocycles. The summed E-state index contributed by atoms with van der Waals surface area (Å²) in [4.78, 5) is 30.4. The van der Waals surface area contributed by atoms with Gasteiger partial charge < -0.3 is 10.2 Å². The zero-order valence-electron chi connectivity index (χ0n) is 20.8. The van der Waals surface area contributed by atoms with E-state index in [2.05, 4.69) is 10.2 Å². The highest BCUT2D eigenvalue weighted by molar-refractivity contribution is 6.30. The first-order valence-corrected chi connectivity index (χ1v) is 13.4. The summed E-state index contributed by atoms with van der Waals surface area (Å²) in [6, 6.07) is 17.7. The van der Waals surface area contributed by atoms with Crippen molar-refractivity contribution in [3.8, 4) is 0 Å². The van der Waals surface area contributed by atoms with Gasteiger partial charge in [-0.25, -0.2) is 0 Å².